The van der Waals surface area contributed by atoms with Gasteiger partial charge in [-0.05, 0) is 43.4 Å². The Labute approximate surface area is 143 Å². The lowest BCUT2D eigenvalue weighted by Crippen LogP contribution is -2.44. The van der Waals surface area contributed by atoms with Crippen molar-refractivity contribution in [2.75, 3.05) is 33.3 Å². The van der Waals surface area contributed by atoms with Crippen molar-refractivity contribution in [1.29, 1.82) is 0 Å². The zero-order valence-corrected chi connectivity index (χ0v) is 14.4. The predicted octanol–water partition coefficient (Wildman–Crippen LogP) is 2.10. The lowest BCUT2D eigenvalue weighted by Gasteiger charge is -2.33. The first-order valence-corrected chi connectivity index (χ1v) is 8.87. The Morgan fingerprint density at radius 2 is 1.79 bits per heavy atom. The minimum atomic E-state index is 0.101. The van der Waals surface area contributed by atoms with Crippen LogP contribution >= 0.6 is 0 Å². The Hall–Kier alpha value is -2.04. The molecule has 2 aliphatic heterocycles. The highest BCUT2D eigenvalue weighted by atomic mass is 16.5. The van der Waals surface area contributed by atoms with Gasteiger partial charge >= 0.3 is 0 Å². The first kappa shape index (κ1) is 16.8. The molecule has 2 saturated heterocycles. The van der Waals surface area contributed by atoms with Crippen LogP contribution in [0.25, 0.3) is 0 Å². The molecular weight excluding hydrogens is 304 g/mol. The highest BCUT2D eigenvalue weighted by Crippen LogP contribution is 2.23. The van der Waals surface area contributed by atoms with Gasteiger partial charge in [0.25, 0.3) is 0 Å². The molecule has 0 saturated carbocycles. The molecule has 2 aliphatic rings. The zero-order chi connectivity index (χ0) is 16.9. The molecule has 2 fully saturated rings. The smallest absolute Gasteiger partial charge is 0.226 e. The first-order valence-electron chi connectivity index (χ1n) is 8.87. The fourth-order valence-electron chi connectivity index (χ4n) is 3.64. The fraction of sp³-hybridized carbons (Fsp3) is 0.579. The van der Waals surface area contributed by atoms with Gasteiger partial charge < -0.3 is 14.5 Å². The van der Waals surface area contributed by atoms with E-state index in [1.807, 2.05) is 34.1 Å². The van der Waals surface area contributed by atoms with Crippen molar-refractivity contribution in [2.24, 2.45) is 5.92 Å². The van der Waals surface area contributed by atoms with Crippen LogP contribution in [0, 0.1) is 5.92 Å². The number of benzene rings is 1. The van der Waals surface area contributed by atoms with Gasteiger partial charge in [0.2, 0.25) is 11.8 Å². The minimum absolute atomic E-state index is 0.101. The van der Waals surface area contributed by atoms with Crippen LogP contribution in [0.3, 0.4) is 0 Å². The summed E-state index contributed by atoms with van der Waals surface area (Å²) >= 11 is 0. The molecule has 2 amide bonds. The van der Waals surface area contributed by atoms with Crippen molar-refractivity contribution in [3.63, 3.8) is 0 Å². The van der Waals surface area contributed by atoms with E-state index in [-0.39, 0.29) is 11.8 Å². The van der Waals surface area contributed by atoms with Crippen LogP contribution < -0.4 is 4.74 Å². The normalized spacial score (nSPS) is 18.7. The van der Waals surface area contributed by atoms with Crippen molar-refractivity contribution in [2.45, 2.75) is 32.1 Å². The Bertz CT molecular complexity index is 588. The van der Waals surface area contributed by atoms with Crippen molar-refractivity contribution in [3.8, 4) is 5.75 Å². The molecule has 0 N–H and O–H groups in total. The van der Waals surface area contributed by atoms with Crippen LogP contribution in [-0.2, 0) is 16.0 Å². The van der Waals surface area contributed by atoms with Crippen molar-refractivity contribution in [1.82, 2.24) is 9.80 Å². The van der Waals surface area contributed by atoms with E-state index in [0.29, 0.717) is 25.4 Å². The van der Waals surface area contributed by atoms with Gasteiger partial charge in [0.15, 0.2) is 0 Å². The molecule has 130 valence electrons. The average molecular weight is 330 g/mol. The van der Waals surface area contributed by atoms with Gasteiger partial charge in [-0.3, -0.25) is 9.59 Å². The van der Waals surface area contributed by atoms with Gasteiger partial charge in [0, 0.05) is 32.1 Å². The molecule has 1 aromatic carbocycles. The second-order valence-corrected chi connectivity index (χ2v) is 6.72. The summed E-state index contributed by atoms with van der Waals surface area (Å²) in [5.74, 6) is 1.31. The molecule has 0 unspecified atom stereocenters. The molecule has 0 aliphatic carbocycles. The molecule has 0 radical (unpaired) electrons. The van der Waals surface area contributed by atoms with Crippen LogP contribution in [0.5, 0.6) is 5.75 Å². The Morgan fingerprint density at radius 3 is 2.46 bits per heavy atom. The third-order valence-electron chi connectivity index (χ3n) is 5.10. The van der Waals surface area contributed by atoms with Gasteiger partial charge in [0.05, 0.1) is 13.5 Å². The lowest BCUT2D eigenvalue weighted by molar-refractivity contribution is -0.139. The number of hydrogen-bond donors (Lipinski definition) is 0. The van der Waals surface area contributed by atoms with Crippen LogP contribution in [-0.4, -0.2) is 54.9 Å². The predicted molar refractivity (Wildman–Crippen MR) is 91.8 cm³/mol. The molecule has 2 heterocycles. The summed E-state index contributed by atoms with van der Waals surface area (Å²) in [6, 6.07) is 7.64. The SMILES string of the molecule is COc1cccc(CC(=O)N2CCC(C(=O)N3CCCC3)CC2)c1. The van der Waals surface area contributed by atoms with E-state index in [4.69, 9.17) is 4.74 Å². The molecule has 24 heavy (non-hydrogen) atoms. The van der Waals surface area contributed by atoms with E-state index >= 15 is 0 Å². The number of amides is 2. The molecule has 0 spiro atoms. The van der Waals surface area contributed by atoms with Gasteiger partial charge in [-0.1, -0.05) is 12.1 Å². The van der Waals surface area contributed by atoms with Crippen LogP contribution in [0.4, 0.5) is 0 Å². The molecule has 5 heteroatoms. The maximum atomic E-state index is 12.5. The highest BCUT2D eigenvalue weighted by Gasteiger charge is 2.31. The van der Waals surface area contributed by atoms with Gasteiger partial charge in [-0.2, -0.15) is 0 Å². The van der Waals surface area contributed by atoms with Gasteiger partial charge in [0.1, 0.15) is 5.75 Å². The van der Waals surface area contributed by atoms with E-state index in [1.165, 1.54) is 0 Å². The molecule has 1 aromatic rings. The zero-order valence-electron chi connectivity index (χ0n) is 14.4. The summed E-state index contributed by atoms with van der Waals surface area (Å²) in [7, 11) is 1.63. The molecule has 0 atom stereocenters. The van der Waals surface area contributed by atoms with E-state index in [1.54, 1.807) is 7.11 Å². The molecular formula is C19H26N2O3. The number of hydrogen-bond acceptors (Lipinski definition) is 3. The maximum Gasteiger partial charge on any atom is 0.226 e. The molecule has 0 aromatic heterocycles. The number of methoxy groups -OCH3 is 1. The monoisotopic (exact) mass is 330 g/mol. The van der Waals surface area contributed by atoms with Crippen molar-refractivity contribution >= 4 is 11.8 Å². The molecule has 0 bridgehead atoms. The number of likely N-dealkylation sites (tertiary alicyclic amines) is 2. The number of piperidine rings is 1. The van der Waals surface area contributed by atoms with Gasteiger partial charge in [-0.25, -0.2) is 0 Å². The van der Waals surface area contributed by atoms with E-state index in [0.717, 1.165) is 50.1 Å². The van der Waals surface area contributed by atoms with E-state index in [9.17, 15) is 9.59 Å². The lowest BCUT2D eigenvalue weighted by atomic mass is 9.95. The summed E-state index contributed by atoms with van der Waals surface area (Å²) in [6.07, 6.45) is 4.23. The number of rotatable bonds is 4. The third-order valence-corrected chi connectivity index (χ3v) is 5.10. The summed E-state index contributed by atoms with van der Waals surface area (Å²) in [5, 5.41) is 0. The first-order chi connectivity index (χ1) is 11.7. The summed E-state index contributed by atoms with van der Waals surface area (Å²) in [5.41, 5.74) is 0.967. The second kappa shape index (κ2) is 7.69. The number of carbonyl (C=O) groups is 2. The van der Waals surface area contributed by atoms with Crippen LogP contribution in [0.1, 0.15) is 31.2 Å². The fourth-order valence-corrected chi connectivity index (χ4v) is 3.64. The summed E-state index contributed by atoms with van der Waals surface area (Å²) in [6.45, 7) is 3.20. The minimum Gasteiger partial charge on any atom is -0.497 e. The quantitative estimate of drug-likeness (QED) is 0.849. The van der Waals surface area contributed by atoms with Gasteiger partial charge in [-0.15, -0.1) is 0 Å². The molecule has 5 nitrogen and oxygen atoms in total. The van der Waals surface area contributed by atoms with Crippen LogP contribution in [0.15, 0.2) is 24.3 Å². The largest absolute Gasteiger partial charge is 0.497 e. The molecule has 3 rings (SSSR count). The van der Waals surface area contributed by atoms with Crippen LogP contribution in [0.2, 0.25) is 0 Å². The third kappa shape index (κ3) is 3.89. The highest BCUT2D eigenvalue weighted by molar-refractivity contribution is 5.81. The Kier molecular flexibility index (Phi) is 5.38. The Balaban J connectivity index is 1.50. The summed E-state index contributed by atoms with van der Waals surface area (Å²) in [4.78, 5) is 28.8. The number of carbonyl (C=O) groups excluding carboxylic acids is 2. The standard InChI is InChI=1S/C19H26N2O3/c1-24-17-6-4-5-15(13-17)14-18(22)20-11-7-16(8-12-20)19(23)21-9-2-3-10-21/h4-6,13,16H,2-3,7-12,14H2,1H3. The van der Waals surface area contributed by atoms with E-state index < -0.39 is 0 Å². The number of ether oxygens (including phenoxy) is 1. The van der Waals surface area contributed by atoms with Crippen molar-refractivity contribution < 1.29 is 14.3 Å². The van der Waals surface area contributed by atoms with Crippen molar-refractivity contribution in [3.05, 3.63) is 29.8 Å². The average Bonchev–Trinajstić information content (AvgIpc) is 3.16. The summed E-state index contributed by atoms with van der Waals surface area (Å²) < 4.78 is 5.20. The maximum absolute atomic E-state index is 12.5. The Morgan fingerprint density at radius 1 is 1.08 bits per heavy atom. The topological polar surface area (TPSA) is 49.9 Å². The second-order valence-electron chi connectivity index (χ2n) is 6.72. The number of nitrogens with zero attached hydrogens (tertiary/aromatic N) is 2. The van der Waals surface area contributed by atoms with E-state index in [2.05, 4.69) is 0 Å².